The number of benzene rings is 2. The molecule has 6 heteroatoms. The average molecular weight is 401 g/mol. The van der Waals surface area contributed by atoms with Crippen molar-refractivity contribution in [2.75, 3.05) is 5.32 Å². The number of pyridine rings is 1. The number of rotatable bonds is 6. The Morgan fingerprint density at radius 3 is 2.86 bits per heavy atom. The number of thiazole rings is 1. The van der Waals surface area contributed by atoms with Gasteiger partial charge < -0.3 is 10.1 Å². The molecule has 0 aliphatic carbocycles. The summed E-state index contributed by atoms with van der Waals surface area (Å²) in [4.78, 5) is 21.2. The predicted octanol–water partition coefficient (Wildman–Crippen LogP) is 5.23. The number of carbonyl (C=O) groups excluding carboxylic acids is 1. The smallest absolute Gasteiger partial charge is 0.248 e. The van der Waals surface area contributed by atoms with E-state index in [0.717, 1.165) is 27.2 Å². The Hall–Kier alpha value is -3.51. The Labute approximate surface area is 172 Å². The number of aromatic nitrogens is 2. The minimum atomic E-state index is -0.229. The fraction of sp³-hybridized carbons (Fsp3) is 0.0870. The van der Waals surface area contributed by atoms with Crippen LogP contribution in [0.25, 0.3) is 17.0 Å². The summed E-state index contributed by atoms with van der Waals surface area (Å²) in [6.45, 7) is 2.36. The first-order chi connectivity index (χ1) is 14.2. The first kappa shape index (κ1) is 18.8. The van der Waals surface area contributed by atoms with Crippen LogP contribution in [-0.4, -0.2) is 15.9 Å². The van der Waals surface area contributed by atoms with Gasteiger partial charge in [-0.1, -0.05) is 36.4 Å². The maximum absolute atomic E-state index is 12.4. The van der Waals surface area contributed by atoms with Gasteiger partial charge in [0.2, 0.25) is 5.91 Å². The van der Waals surface area contributed by atoms with Crippen molar-refractivity contribution in [1.29, 1.82) is 0 Å². The molecule has 2 heterocycles. The molecule has 0 aliphatic rings. The van der Waals surface area contributed by atoms with Gasteiger partial charge in [0.05, 0.1) is 21.9 Å². The molecule has 0 spiro atoms. The average Bonchev–Trinajstić information content (AvgIpc) is 3.17. The number of anilines is 1. The Bertz CT molecular complexity index is 1180. The summed E-state index contributed by atoms with van der Waals surface area (Å²) >= 11 is 1.60. The van der Waals surface area contributed by atoms with E-state index in [0.29, 0.717) is 18.0 Å². The zero-order chi connectivity index (χ0) is 20.1. The molecule has 4 aromatic rings. The van der Waals surface area contributed by atoms with Gasteiger partial charge in [0.15, 0.2) is 0 Å². The molecule has 0 saturated heterocycles. The van der Waals surface area contributed by atoms with Gasteiger partial charge in [-0.2, -0.15) is 0 Å². The lowest BCUT2D eigenvalue weighted by Gasteiger charge is -2.08. The van der Waals surface area contributed by atoms with E-state index in [-0.39, 0.29) is 5.91 Å². The number of fused-ring (bicyclic) bond motifs is 1. The normalized spacial score (nSPS) is 11.1. The Morgan fingerprint density at radius 2 is 2.00 bits per heavy atom. The molecule has 2 aromatic carbocycles. The molecule has 1 N–H and O–H groups in total. The quantitative estimate of drug-likeness (QED) is 0.449. The Kier molecular flexibility index (Phi) is 5.63. The zero-order valence-electron chi connectivity index (χ0n) is 15.8. The maximum atomic E-state index is 12.4. The van der Waals surface area contributed by atoms with Gasteiger partial charge in [-0.15, -0.1) is 11.3 Å². The highest BCUT2D eigenvalue weighted by Crippen LogP contribution is 2.23. The predicted molar refractivity (Wildman–Crippen MR) is 117 cm³/mol. The number of para-hydroxylation sites is 2. The van der Waals surface area contributed by atoms with Crippen molar-refractivity contribution in [3.63, 3.8) is 0 Å². The van der Waals surface area contributed by atoms with Crippen molar-refractivity contribution in [2.45, 2.75) is 13.5 Å². The molecule has 2 aromatic heterocycles. The molecule has 29 heavy (non-hydrogen) atoms. The fourth-order valence-electron chi connectivity index (χ4n) is 2.92. The van der Waals surface area contributed by atoms with E-state index >= 15 is 0 Å². The summed E-state index contributed by atoms with van der Waals surface area (Å²) in [6, 6.07) is 17.1. The van der Waals surface area contributed by atoms with E-state index < -0.39 is 0 Å². The lowest BCUT2D eigenvalue weighted by atomic mass is 10.1. The highest BCUT2D eigenvalue weighted by Gasteiger charge is 2.06. The largest absolute Gasteiger partial charge is 0.487 e. The van der Waals surface area contributed by atoms with Crippen LogP contribution >= 0.6 is 11.3 Å². The van der Waals surface area contributed by atoms with E-state index in [4.69, 9.17) is 4.74 Å². The number of nitrogens with zero attached hydrogens (tertiary/aromatic N) is 2. The van der Waals surface area contributed by atoms with Gasteiger partial charge in [-0.25, -0.2) is 4.98 Å². The van der Waals surface area contributed by atoms with Crippen molar-refractivity contribution in [3.8, 4) is 5.75 Å². The van der Waals surface area contributed by atoms with Crippen LogP contribution in [0.1, 0.15) is 16.3 Å². The van der Waals surface area contributed by atoms with Gasteiger partial charge in [-0.05, 0) is 31.2 Å². The molecule has 5 nitrogen and oxygen atoms in total. The van der Waals surface area contributed by atoms with Crippen LogP contribution in [0.5, 0.6) is 5.75 Å². The van der Waals surface area contributed by atoms with Crippen LogP contribution in [0.3, 0.4) is 0 Å². The summed E-state index contributed by atoms with van der Waals surface area (Å²) in [7, 11) is 0. The second kappa shape index (κ2) is 8.67. The molecule has 0 atom stereocenters. The van der Waals surface area contributed by atoms with E-state index in [1.54, 1.807) is 23.6 Å². The molecule has 4 rings (SSSR count). The van der Waals surface area contributed by atoms with Crippen LogP contribution in [0.4, 0.5) is 5.69 Å². The molecule has 144 valence electrons. The number of aryl methyl sites for hydroxylation is 1. The minimum absolute atomic E-state index is 0.229. The summed E-state index contributed by atoms with van der Waals surface area (Å²) in [6.07, 6.45) is 4.96. The summed E-state index contributed by atoms with van der Waals surface area (Å²) in [5.41, 5.74) is 3.17. The van der Waals surface area contributed by atoms with E-state index in [9.17, 15) is 4.79 Å². The van der Waals surface area contributed by atoms with Gasteiger partial charge in [0, 0.05) is 28.6 Å². The second-order valence-corrected chi connectivity index (χ2v) is 7.45. The Balaban J connectivity index is 1.46. The van der Waals surface area contributed by atoms with Crippen LogP contribution in [-0.2, 0) is 11.4 Å². The zero-order valence-corrected chi connectivity index (χ0v) is 16.6. The topological polar surface area (TPSA) is 64.1 Å². The molecule has 0 fully saturated rings. The van der Waals surface area contributed by atoms with Crippen LogP contribution < -0.4 is 10.1 Å². The molecule has 0 unspecified atom stereocenters. The van der Waals surface area contributed by atoms with Gasteiger partial charge in [0.1, 0.15) is 12.4 Å². The molecular formula is C23H19N3O2S. The highest BCUT2D eigenvalue weighted by atomic mass is 32.1. The van der Waals surface area contributed by atoms with Crippen LogP contribution in [0.2, 0.25) is 0 Å². The summed E-state index contributed by atoms with van der Waals surface area (Å²) in [5.74, 6) is 0.474. The lowest BCUT2D eigenvalue weighted by molar-refractivity contribution is -0.111. The molecular weight excluding hydrogens is 382 g/mol. The summed E-state index contributed by atoms with van der Waals surface area (Å²) in [5, 5.41) is 6.87. The first-order valence-corrected chi connectivity index (χ1v) is 10.0. The summed E-state index contributed by atoms with van der Waals surface area (Å²) < 4.78 is 5.90. The van der Waals surface area contributed by atoms with Crippen LogP contribution in [0.15, 0.2) is 72.3 Å². The SMILES string of the molecule is Cc1nc(COc2ccccc2/C=C/C(=O)Nc2cccc3cccnc23)cs1. The van der Waals surface area contributed by atoms with E-state index in [2.05, 4.69) is 15.3 Å². The standard InChI is InChI=1S/C23H19N3O2S/c1-16-25-19(15-29-16)14-28-21-10-3-2-6-17(21)11-12-22(27)26-20-9-4-7-18-8-5-13-24-23(18)20/h2-13,15H,14H2,1H3,(H,26,27)/b12-11+. The third kappa shape index (κ3) is 4.67. The molecule has 0 aliphatic heterocycles. The van der Waals surface area contributed by atoms with Gasteiger partial charge >= 0.3 is 0 Å². The second-order valence-electron chi connectivity index (χ2n) is 6.39. The van der Waals surface area contributed by atoms with Crippen molar-refractivity contribution in [3.05, 3.63) is 88.5 Å². The molecule has 1 amide bonds. The number of amides is 1. The van der Waals surface area contributed by atoms with Crippen molar-refractivity contribution in [1.82, 2.24) is 9.97 Å². The lowest BCUT2D eigenvalue weighted by Crippen LogP contribution is -2.08. The highest BCUT2D eigenvalue weighted by molar-refractivity contribution is 7.09. The molecule has 0 saturated carbocycles. The van der Waals surface area contributed by atoms with Crippen molar-refractivity contribution < 1.29 is 9.53 Å². The number of hydrogen-bond acceptors (Lipinski definition) is 5. The van der Waals surface area contributed by atoms with E-state index in [1.807, 2.05) is 66.9 Å². The molecule has 0 bridgehead atoms. The fourth-order valence-corrected chi connectivity index (χ4v) is 3.52. The number of nitrogens with one attached hydrogen (secondary N) is 1. The van der Waals surface area contributed by atoms with Crippen molar-refractivity contribution in [2.24, 2.45) is 0 Å². The van der Waals surface area contributed by atoms with Crippen molar-refractivity contribution >= 4 is 39.9 Å². The number of carbonyl (C=O) groups is 1. The Morgan fingerprint density at radius 1 is 1.14 bits per heavy atom. The van der Waals surface area contributed by atoms with E-state index in [1.165, 1.54) is 6.08 Å². The van der Waals surface area contributed by atoms with Gasteiger partial charge in [0.25, 0.3) is 0 Å². The number of ether oxygens (including phenoxy) is 1. The van der Waals surface area contributed by atoms with Gasteiger partial charge in [-0.3, -0.25) is 9.78 Å². The monoisotopic (exact) mass is 401 g/mol. The maximum Gasteiger partial charge on any atom is 0.248 e. The van der Waals surface area contributed by atoms with Crippen LogP contribution in [0, 0.1) is 6.92 Å². The number of hydrogen-bond donors (Lipinski definition) is 1. The first-order valence-electron chi connectivity index (χ1n) is 9.15. The molecule has 0 radical (unpaired) electrons. The third-order valence-electron chi connectivity index (χ3n) is 4.27. The minimum Gasteiger partial charge on any atom is -0.487 e. The third-order valence-corrected chi connectivity index (χ3v) is 5.09.